The highest BCUT2D eigenvalue weighted by molar-refractivity contribution is 5.98. The third kappa shape index (κ3) is 5.76. The third-order valence-electron chi connectivity index (χ3n) is 4.29. The average molecular weight is 381 g/mol. The molecule has 0 saturated heterocycles. The Morgan fingerprint density at radius 3 is 2.26 bits per heavy atom. The lowest BCUT2D eigenvalue weighted by atomic mass is 9.95. The van der Waals surface area contributed by atoms with Gasteiger partial charge in [-0.15, -0.1) is 10.2 Å². The summed E-state index contributed by atoms with van der Waals surface area (Å²) in [6.07, 6.45) is 2.70. The molecule has 1 aliphatic rings. The second-order valence-corrected chi connectivity index (χ2v) is 8.83. The van der Waals surface area contributed by atoms with Gasteiger partial charge in [0.1, 0.15) is 17.2 Å². The molecule has 1 aromatic rings. The fraction of sp³-hybridized carbons (Fsp3) is 0.789. The number of alkyl carbamates (subject to hydrolysis) is 1. The Balaban J connectivity index is 2.09. The molecule has 0 bridgehead atoms. The van der Waals surface area contributed by atoms with E-state index >= 15 is 0 Å². The van der Waals surface area contributed by atoms with Gasteiger partial charge in [0.2, 0.25) is 11.7 Å². The first-order valence-electron chi connectivity index (χ1n) is 9.44. The van der Waals surface area contributed by atoms with Crippen LogP contribution in [0.25, 0.3) is 0 Å². The van der Waals surface area contributed by atoms with Crippen LogP contribution in [0.3, 0.4) is 0 Å². The average Bonchev–Trinajstić information content (AvgIpc) is 2.97. The minimum absolute atomic E-state index is 0.148. The van der Waals surface area contributed by atoms with Crippen LogP contribution in [0, 0.1) is 5.92 Å². The fourth-order valence-electron chi connectivity index (χ4n) is 2.62. The maximum atomic E-state index is 12.8. The second kappa shape index (κ2) is 7.96. The van der Waals surface area contributed by atoms with E-state index in [1.807, 2.05) is 27.7 Å². The first-order chi connectivity index (χ1) is 12.4. The van der Waals surface area contributed by atoms with Crippen molar-refractivity contribution in [2.24, 2.45) is 5.92 Å². The highest BCUT2D eigenvalue weighted by Gasteiger charge is 2.36. The number of rotatable bonds is 7. The molecule has 1 atom stereocenters. The van der Waals surface area contributed by atoms with Gasteiger partial charge in [0.15, 0.2) is 0 Å². The summed E-state index contributed by atoms with van der Waals surface area (Å²) in [4.78, 5) is 24.9. The summed E-state index contributed by atoms with van der Waals surface area (Å²) in [5.41, 5.74) is -1.43. The molecule has 1 fully saturated rings. The molecule has 1 unspecified atom stereocenters. The van der Waals surface area contributed by atoms with Gasteiger partial charge in [-0.25, -0.2) is 4.79 Å². The van der Waals surface area contributed by atoms with Crippen LogP contribution in [-0.4, -0.2) is 39.8 Å². The Labute approximate surface area is 160 Å². The van der Waals surface area contributed by atoms with Gasteiger partial charge in [0.05, 0.1) is 6.10 Å². The lowest BCUT2D eigenvalue weighted by Gasteiger charge is -2.33. The zero-order valence-corrected chi connectivity index (χ0v) is 17.3. The maximum absolute atomic E-state index is 12.8. The number of nitrogens with one attached hydrogen (secondary N) is 1. The predicted octanol–water partition coefficient (Wildman–Crippen LogP) is 3.61. The molecule has 0 aromatic carbocycles. The second-order valence-electron chi connectivity index (χ2n) is 8.83. The van der Waals surface area contributed by atoms with Crippen molar-refractivity contribution >= 4 is 11.9 Å². The van der Waals surface area contributed by atoms with Gasteiger partial charge in [0.25, 0.3) is 5.89 Å². The predicted molar refractivity (Wildman–Crippen MR) is 98.4 cm³/mol. The third-order valence-corrected chi connectivity index (χ3v) is 4.29. The van der Waals surface area contributed by atoms with Crippen LogP contribution >= 0.6 is 0 Å². The SMILES string of the molecule is CC(C)C(NC(=O)OC(C)(C)C)C(=O)c1nnc(C(C)(C)OC2CCC2)o1. The number of Topliss-reactive ketones (excluding diaryl/α,β-unsaturated/α-hetero) is 1. The van der Waals surface area contributed by atoms with Crippen LogP contribution in [0.4, 0.5) is 4.79 Å². The number of aromatic nitrogens is 2. The van der Waals surface area contributed by atoms with Crippen molar-refractivity contribution in [1.82, 2.24) is 15.5 Å². The number of hydrogen-bond donors (Lipinski definition) is 1. The number of carbonyl (C=O) groups is 2. The number of ether oxygens (including phenoxy) is 2. The van der Waals surface area contributed by atoms with Crippen molar-refractivity contribution in [2.45, 2.75) is 91.1 Å². The van der Waals surface area contributed by atoms with E-state index in [9.17, 15) is 9.59 Å². The molecule has 2 rings (SSSR count). The Bertz CT molecular complexity index is 671. The summed E-state index contributed by atoms with van der Waals surface area (Å²) in [6, 6.07) is -0.830. The highest BCUT2D eigenvalue weighted by atomic mass is 16.6. The normalized spacial score (nSPS) is 16.7. The minimum Gasteiger partial charge on any atom is -0.444 e. The molecule has 1 N–H and O–H groups in total. The largest absolute Gasteiger partial charge is 0.444 e. The van der Waals surface area contributed by atoms with Crippen LogP contribution in [0.1, 0.15) is 84.3 Å². The van der Waals surface area contributed by atoms with Gasteiger partial charge < -0.3 is 19.2 Å². The summed E-state index contributed by atoms with van der Waals surface area (Å²) in [5, 5.41) is 10.5. The number of hydrogen-bond acceptors (Lipinski definition) is 7. The summed E-state index contributed by atoms with van der Waals surface area (Å²) >= 11 is 0. The van der Waals surface area contributed by atoms with Gasteiger partial charge in [-0.1, -0.05) is 13.8 Å². The Morgan fingerprint density at radius 1 is 1.15 bits per heavy atom. The molecule has 0 spiro atoms. The summed E-state index contributed by atoms with van der Waals surface area (Å²) in [5.74, 6) is -0.531. The molecular formula is C19H31N3O5. The fourth-order valence-corrected chi connectivity index (χ4v) is 2.62. The van der Waals surface area contributed by atoms with Crippen molar-refractivity contribution in [3.63, 3.8) is 0 Å². The molecule has 1 amide bonds. The zero-order valence-electron chi connectivity index (χ0n) is 17.3. The topological polar surface area (TPSA) is 104 Å². The van der Waals surface area contributed by atoms with Gasteiger partial charge in [-0.2, -0.15) is 0 Å². The van der Waals surface area contributed by atoms with E-state index in [0.717, 1.165) is 19.3 Å². The van der Waals surface area contributed by atoms with E-state index in [2.05, 4.69) is 15.5 Å². The Morgan fingerprint density at radius 2 is 1.78 bits per heavy atom. The number of amides is 1. The highest BCUT2D eigenvalue weighted by Crippen LogP contribution is 2.32. The molecule has 1 heterocycles. The quantitative estimate of drug-likeness (QED) is 0.720. The van der Waals surface area contributed by atoms with E-state index in [-0.39, 0.29) is 23.8 Å². The molecule has 1 aliphatic carbocycles. The Hall–Kier alpha value is -1.96. The lowest BCUT2D eigenvalue weighted by molar-refractivity contribution is -0.119. The first kappa shape index (κ1) is 21.3. The smallest absolute Gasteiger partial charge is 0.408 e. The van der Waals surface area contributed by atoms with Gasteiger partial charge in [0, 0.05) is 0 Å². The van der Waals surface area contributed by atoms with Gasteiger partial charge in [-0.3, -0.25) is 4.79 Å². The van der Waals surface area contributed by atoms with Gasteiger partial charge in [-0.05, 0) is 59.8 Å². The van der Waals surface area contributed by atoms with Gasteiger partial charge >= 0.3 is 6.09 Å². The molecule has 1 aromatic heterocycles. The van der Waals surface area contributed by atoms with E-state index in [1.54, 1.807) is 20.8 Å². The Kier molecular flexibility index (Phi) is 6.29. The summed E-state index contributed by atoms with van der Waals surface area (Å²) in [6.45, 7) is 12.6. The standard InChI is InChI=1S/C19H31N3O5/c1-11(2)13(20-17(24)27-18(3,4)5)14(23)15-21-22-16(25-15)19(6,7)26-12-9-8-10-12/h11-13H,8-10H2,1-7H3,(H,20,24). The molecule has 0 radical (unpaired) electrons. The number of carbonyl (C=O) groups excluding carboxylic acids is 2. The number of ketones is 1. The molecule has 152 valence electrons. The molecule has 8 nitrogen and oxygen atoms in total. The monoisotopic (exact) mass is 381 g/mol. The zero-order chi connectivity index (χ0) is 20.4. The molecule has 0 aliphatic heterocycles. The minimum atomic E-state index is -0.830. The van der Waals surface area contributed by atoms with Crippen molar-refractivity contribution in [2.75, 3.05) is 0 Å². The van der Waals surface area contributed by atoms with Crippen LogP contribution in [0.5, 0.6) is 0 Å². The molecule has 8 heteroatoms. The van der Waals surface area contributed by atoms with Crippen LogP contribution in [0.15, 0.2) is 4.42 Å². The van der Waals surface area contributed by atoms with Crippen molar-refractivity contribution in [1.29, 1.82) is 0 Å². The molecule has 27 heavy (non-hydrogen) atoms. The lowest BCUT2D eigenvalue weighted by Crippen LogP contribution is -2.46. The van der Waals surface area contributed by atoms with Crippen molar-refractivity contribution in [3.05, 3.63) is 11.8 Å². The maximum Gasteiger partial charge on any atom is 0.408 e. The van der Waals surface area contributed by atoms with E-state index in [1.165, 1.54) is 0 Å². The number of nitrogens with zero attached hydrogens (tertiary/aromatic N) is 2. The summed E-state index contributed by atoms with van der Waals surface area (Å²) in [7, 11) is 0. The van der Waals surface area contributed by atoms with Crippen molar-refractivity contribution in [3.8, 4) is 0 Å². The van der Waals surface area contributed by atoms with E-state index < -0.39 is 29.1 Å². The van der Waals surface area contributed by atoms with E-state index in [4.69, 9.17) is 13.9 Å². The first-order valence-corrected chi connectivity index (χ1v) is 9.44. The molecule has 1 saturated carbocycles. The van der Waals surface area contributed by atoms with Crippen LogP contribution < -0.4 is 5.32 Å². The molecular weight excluding hydrogens is 350 g/mol. The van der Waals surface area contributed by atoms with E-state index in [0.29, 0.717) is 0 Å². The van der Waals surface area contributed by atoms with Crippen molar-refractivity contribution < 1.29 is 23.5 Å². The summed E-state index contributed by atoms with van der Waals surface area (Å²) < 4.78 is 16.8. The van der Waals surface area contributed by atoms with Crippen LogP contribution in [0.2, 0.25) is 0 Å². The van der Waals surface area contributed by atoms with Crippen LogP contribution in [-0.2, 0) is 15.1 Å².